The van der Waals surface area contributed by atoms with Crippen LogP contribution in [0.4, 0.5) is 10.2 Å². The molecule has 13 nitrogen and oxygen atoms in total. The molecule has 242 valence electrons. The van der Waals surface area contributed by atoms with Crippen LogP contribution in [0.15, 0.2) is 48.8 Å². The van der Waals surface area contributed by atoms with E-state index < -0.39 is 62.5 Å². The lowest BCUT2D eigenvalue weighted by molar-refractivity contribution is -0.149. The van der Waals surface area contributed by atoms with Gasteiger partial charge in [0.2, 0.25) is 0 Å². The topological polar surface area (TPSA) is 159 Å². The molecule has 0 amide bonds. The second-order valence-electron chi connectivity index (χ2n) is 11.0. The lowest BCUT2D eigenvalue weighted by atomic mass is 9.99. The monoisotopic (exact) mass is 664 g/mol. The van der Waals surface area contributed by atoms with Crippen LogP contribution in [0.25, 0.3) is 21.9 Å². The number of alkyl halides is 2. The second kappa shape index (κ2) is 13.1. The molecule has 5 rings (SSSR count). The first-order valence-electron chi connectivity index (χ1n) is 14.3. The maximum Gasteiger partial charge on any atom is 0.459 e. The van der Waals surface area contributed by atoms with Gasteiger partial charge in [-0.15, -0.1) is 11.6 Å². The first-order valence-corrected chi connectivity index (χ1v) is 16.3. The number of rotatable bonds is 12. The Kier molecular flexibility index (Phi) is 9.64. The number of ether oxygens (including phenoxy) is 2. The van der Waals surface area contributed by atoms with Crippen molar-refractivity contribution in [3.8, 4) is 5.75 Å². The Hall–Kier alpha value is -3.39. The number of aliphatic hydroxyl groups is 1. The van der Waals surface area contributed by atoms with Crippen molar-refractivity contribution in [2.24, 2.45) is 0 Å². The summed E-state index contributed by atoms with van der Waals surface area (Å²) in [6, 6.07) is 11.3. The minimum atomic E-state index is -4.46. The standard InChI is InChI=1S/C29H35ClFN6O7P/c1-16(2)42-28(39)17(3)36-45(40,44-21-12-8-10-19-9-6-7-11-20(19)21)41-14-29(13-30)24(38)22(31)27(43-29)37-15-33-23-25(32-5)34-18(4)35-26(23)37/h6-12,15-17,22,24,27,38H,13-14H2,1-5H3,(H,36,40)(H,32,34,35)/t17-,22+,24-,27+,29+,45?/m0/s1. The van der Waals surface area contributed by atoms with E-state index in [4.69, 9.17) is 30.1 Å². The normalized spacial score (nSPS) is 23.7. The molecule has 0 aliphatic carbocycles. The number of hydrogen-bond donors (Lipinski definition) is 3. The number of carbonyl (C=O) groups excluding carboxylic acids is 1. The van der Waals surface area contributed by atoms with Crippen LogP contribution in [0.2, 0.25) is 0 Å². The van der Waals surface area contributed by atoms with Gasteiger partial charge in [0.15, 0.2) is 29.4 Å². The van der Waals surface area contributed by atoms with Crippen LogP contribution in [-0.4, -0.2) is 80.2 Å². The Balaban J connectivity index is 1.45. The largest absolute Gasteiger partial charge is 0.462 e. The molecule has 1 aliphatic heterocycles. The van der Waals surface area contributed by atoms with Gasteiger partial charge in [0.05, 0.1) is 24.9 Å². The number of nitrogens with one attached hydrogen (secondary N) is 2. The maximum absolute atomic E-state index is 15.8. The molecule has 3 N–H and O–H groups in total. The summed E-state index contributed by atoms with van der Waals surface area (Å²) in [7, 11) is -2.79. The van der Waals surface area contributed by atoms with Gasteiger partial charge in [-0.3, -0.25) is 13.9 Å². The molecule has 16 heteroatoms. The van der Waals surface area contributed by atoms with E-state index in [9.17, 15) is 14.5 Å². The Morgan fingerprint density at radius 1 is 1.22 bits per heavy atom. The average Bonchev–Trinajstić information content (AvgIpc) is 3.54. The SMILES string of the molecule is CNc1nc(C)nc2c1ncn2[C@@H]1O[C@](CCl)(COP(=O)(N[C@@H](C)C(=O)OC(C)C)Oc2cccc3ccccc23)[C@@H](O)[C@H]1F. The van der Waals surface area contributed by atoms with Crippen molar-refractivity contribution < 1.29 is 37.4 Å². The number of halogens is 2. The highest BCUT2D eigenvalue weighted by molar-refractivity contribution is 7.52. The van der Waals surface area contributed by atoms with E-state index in [1.165, 1.54) is 17.8 Å². The zero-order valence-corrected chi connectivity index (χ0v) is 27.0. The van der Waals surface area contributed by atoms with Gasteiger partial charge in [-0.05, 0) is 39.1 Å². The predicted octanol–water partition coefficient (Wildman–Crippen LogP) is 4.67. The maximum atomic E-state index is 15.8. The number of benzene rings is 2. The number of carbonyl (C=O) groups is 1. The van der Waals surface area contributed by atoms with Gasteiger partial charge in [-0.1, -0.05) is 36.4 Å². The van der Waals surface area contributed by atoms with E-state index in [-0.39, 0.29) is 11.4 Å². The van der Waals surface area contributed by atoms with E-state index >= 15 is 4.39 Å². The number of aliphatic hydroxyl groups excluding tert-OH is 1. The van der Waals surface area contributed by atoms with Crippen LogP contribution in [-0.2, 0) is 23.4 Å². The molecule has 1 fully saturated rings. The Morgan fingerprint density at radius 2 is 1.96 bits per heavy atom. The third-order valence-electron chi connectivity index (χ3n) is 7.24. The molecule has 0 spiro atoms. The smallest absolute Gasteiger partial charge is 0.459 e. The van der Waals surface area contributed by atoms with Gasteiger partial charge in [0.25, 0.3) is 0 Å². The highest BCUT2D eigenvalue weighted by atomic mass is 35.5. The zero-order valence-electron chi connectivity index (χ0n) is 25.3. The van der Waals surface area contributed by atoms with Crippen molar-refractivity contribution in [3.05, 3.63) is 54.6 Å². The number of aryl methyl sites for hydroxylation is 1. The van der Waals surface area contributed by atoms with Crippen LogP contribution in [0.1, 0.15) is 32.8 Å². The minimum absolute atomic E-state index is 0.197. The predicted molar refractivity (Wildman–Crippen MR) is 166 cm³/mol. The van der Waals surface area contributed by atoms with Crippen LogP contribution >= 0.6 is 19.3 Å². The van der Waals surface area contributed by atoms with Crippen molar-refractivity contribution in [2.45, 2.75) is 63.9 Å². The molecule has 6 atom stereocenters. The second-order valence-corrected chi connectivity index (χ2v) is 12.9. The summed E-state index contributed by atoms with van der Waals surface area (Å²) in [4.78, 5) is 25.6. The number of aromatic nitrogens is 4. The van der Waals surface area contributed by atoms with E-state index in [2.05, 4.69) is 25.4 Å². The number of esters is 1. The average molecular weight is 665 g/mol. The zero-order chi connectivity index (χ0) is 32.5. The van der Waals surface area contributed by atoms with Gasteiger partial charge in [0.1, 0.15) is 29.3 Å². The Labute approximate surface area is 264 Å². The number of hydrogen-bond acceptors (Lipinski definition) is 11. The summed E-state index contributed by atoms with van der Waals surface area (Å²) in [6.07, 6.45) is -4.36. The molecule has 0 saturated carbocycles. The van der Waals surface area contributed by atoms with Crippen molar-refractivity contribution in [3.63, 3.8) is 0 Å². The Morgan fingerprint density at radius 3 is 2.67 bits per heavy atom. The lowest BCUT2D eigenvalue weighted by Gasteiger charge is -2.31. The van der Waals surface area contributed by atoms with Crippen LogP contribution < -0.4 is 14.9 Å². The van der Waals surface area contributed by atoms with Gasteiger partial charge < -0.3 is 24.4 Å². The molecule has 1 unspecified atom stereocenters. The fourth-order valence-electron chi connectivity index (χ4n) is 5.00. The van der Waals surface area contributed by atoms with Gasteiger partial charge in [0, 0.05) is 12.4 Å². The van der Waals surface area contributed by atoms with Crippen LogP contribution in [0, 0.1) is 6.92 Å². The van der Waals surface area contributed by atoms with E-state index in [1.807, 2.05) is 18.2 Å². The summed E-state index contributed by atoms with van der Waals surface area (Å²) in [5.41, 5.74) is -1.26. The highest BCUT2D eigenvalue weighted by Crippen LogP contribution is 2.50. The van der Waals surface area contributed by atoms with Gasteiger partial charge in [-0.2, -0.15) is 5.09 Å². The summed E-state index contributed by atoms with van der Waals surface area (Å²) in [6.45, 7) is 5.78. The number of anilines is 1. The lowest BCUT2D eigenvalue weighted by Crippen LogP contribution is -2.48. The third-order valence-corrected chi connectivity index (χ3v) is 9.31. The highest BCUT2D eigenvalue weighted by Gasteiger charge is 2.57. The van der Waals surface area contributed by atoms with Gasteiger partial charge in [-0.25, -0.2) is 23.9 Å². The molecule has 1 aliphatic rings. The number of imidazole rings is 1. The molecular formula is C29H35ClFN6O7P. The summed E-state index contributed by atoms with van der Waals surface area (Å²) >= 11 is 6.31. The molecule has 45 heavy (non-hydrogen) atoms. The van der Waals surface area contributed by atoms with Crippen LogP contribution in [0.3, 0.4) is 0 Å². The molecule has 1 saturated heterocycles. The molecule has 0 bridgehead atoms. The minimum Gasteiger partial charge on any atom is -0.462 e. The van der Waals surface area contributed by atoms with Crippen LogP contribution in [0.5, 0.6) is 5.75 Å². The van der Waals surface area contributed by atoms with E-state index in [0.29, 0.717) is 22.5 Å². The molecule has 3 heterocycles. The third kappa shape index (κ3) is 6.62. The van der Waals surface area contributed by atoms with Crippen molar-refractivity contribution in [1.29, 1.82) is 0 Å². The Bertz CT molecular complexity index is 1740. The van der Waals surface area contributed by atoms with Gasteiger partial charge >= 0.3 is 13.7 Å². The molecule has 4 aromatic rings. The quantitative estimate of drug-likeness (QED) is 0.109. The summed E-state index contributed by atoms with van der Waals surface area (Å²) in [5, 5.41) is 18.1. The van der Waals surface area contributed by atoms with Crippen molar-refractivity contribution in [2.75, 3.05) is 24.9 Å². The number of nitrogens with zero attached hydrogens (tertiary/aromatic N) is 4. The van der Waals surface area contributed by atoms with E-state index in [0.717, 1.165) is 5.39 Å². The molecule has 2 aromatic carbocycles. The fourth-order valence-corrected chi connectivity index (χ4v) is 6.86. The summed E-state index contributed by atoms with van der Waals surface area (Å²) < 4.78 is 54.6. The molecule has 2 aromatic heterocycles. The van der Waals surface area contributed by atoms with Crippen molar-refractivity contribution >= 4 is 53.1 Å². The first-order chi connectivity index (χ1) is 21.4. The molecular weight excluding hydrogens is 630 g/mol. The summed E-state index contributed by atoms with van der Waals surface area (Å²) in [5.74, 6) is -0.124. The molecule has 0 radical (unpaired) electrons. The van der Waals surface area contributed by atoms with E-state index in [1.54, 1.807) is 52.1 Å². The number of fused-ring (bicyclic) bond motifs is 2. The first kappa shape index (κ1) is 33.0. The fraction of sp³-hybridized carbons (Fsp3) is 0.448. The van der Waals surface area contributed by atoms with Crippen molar-refractivity contribution in [1.82, 2.24) is 24.6 Å².